The smallest absolute Gasteiger partial charge is 0.201 e. The lowest BCUT2D eigenvalue weighted by atomic mass is 9.91. The van der Waals surface area contributed by atoms with E-state index in [1.54, 1.807) is 36.4 Å². The molecule has 2 unspecified atom stereocenters. The first-order chi connectivity index (χ1) is 18.5. The van der Waals surface area contributed by atoms with Gasteiger partial charge in [-0.15, -0.1) is 0 Å². The predicted molar refractivity (Wildman–Crippen MR) is 148 cm³/mol. The fourth-order valence-corrected chi connectivity index (χ4v) is 4.99. The van der Waals surface area contributed by atoms with Crippen molar-refractivity contribution >= 4 is 0 Å². The second-order valence-corrected chi connectivity index (χ2v) is 10.0. The van der Waals surface area contributed by atoms with E-state index in [1.807, 2.05) is 13.0 Å². The van der Waals surface area contributed by atoms with Gasteiger partial charge < -0.3 is 9.47 Å². The molecule has 5 heteroatoms. The SMILES string of the molecule is C/C=C/CCC1CCC(c2ccc(-c3ccc(-c4ccc(OCCCCC)c(F)c4F)cc3)c(F)c2)OC1. The molecule has 0 spiro atoms. The lowest BCUT2D eigenvalue weighted by Gasteiger charge is -2.29. The maximum absolute atomic E-state index is 15.1. The van der Waals surface area contributed by atoms with Crippen LogP contribution in [0.1, 0.15) is 70.5 Å². The molecule has 2 nitrogen and oxygen atoms in total. The van der Waals surface area contributed by atoms with E-state index in [-0.39, 0.29) is 23.2 Å². The molecule has 0 radical (unpaired) electrons. The van der Waals surface area contributed by atoms with Gasteiger partial charge in [0.1, 0.15) is 5.82 Å². The molecule has 0 aliphatic carbocycles. The molecule has 0 aromatic heterocycles. The van der Waals surface area contributed by atoms with Crippen LogP contribution in [0.5, 0.6) is 5.75 Å². The Bertz CT molecular complexity index is 1210. The normalized spacial score (nSPS) is 17.7. The van der Waals surface area contributed by atoms with Gasteiger partial charge in [-0.2, -0.15) is 4.39 Å². The molecule has 0 bridgehead atoms. The van der Waals surface area contributed by atoms with Gasteiger partial charge in [0.2, 0.25) is 5.82 Å². The average Bonchev–Trinajstić information content (AvgIpc) is 2.94. The lowest BCUT2D eigenvalue weighted by Crippen LogP contribution is -2.20. The topological polar surface area (TPSA) is 18.5 Å². The Hall–Kier alpha value is -3.05. The molecule has 1 heterocycles. The minimum Gasteiger partial charge on any atom is -0.490 e. The number of halogens is 3. The molecule has 0 N–H and O–H groups in total. The highest BCUT2D eigenvalue weighted by molar-refractivity contribution is 5.71. The van der Waals surface area contributed by atoms with E-state index >= 15 is 4.39 Å². The van der Waals surface area contributed by atoms with Crippen LogP contribution in [0.3, 0.4) is 0 Å². The first-order valence-electron chi connectivity index (χ1n) is 13.8. The summed E-state index contributed by atoms with van der Waals surface area (Å²) in [5, 5.41) is 0. The van der Waals surface area contributed by atoms with Crippen molar-refractivity contribution in [2.45, 2.75) is 64.9 Å². The fraction of sp³-hybridized carbons (Fsp3) is 0.394. The van der Waals surface area contributed by atoms with E-state index < -0.39 is 11.6 Å². The highest BCUT2D eigenvalue weighted by Gasteiger charge is 2.23. The first-order valence-corrected chi connectivity index (χ1v) is 13.8. The zero-order chi connectivity index (χ0) is 26.9. The quantitative estimate of drug-likeness (QED) is 0.184. The molecule has 38 heavy (non-hydrogen) atoms. The van der Waals surface area contributed by atoms with Crippen molar-refractivity contribution in [1.29, 1.82) is 0 Å². The maximum atomic E-state index is 15.1. The lowest BCUT2D eigenvalue weighted by molar-refractivity contribution is -0.0191. The summed E-state index contributed by atoms with van der Waals surface area (Å²) in [6.07, 6.45) is 11.1. The van der Waals surface area contributed by atoms with Crippen LogP contribution >= 0.6 is 0 Å². The minimum absolute atomic E-state index is 0.0766. The summed E-state index contributed by atoms with van der Waals surface area (Å²) >= 11 is 0. The fourth-order valence-electron chi connectivity index (χ4n) is 4.99. The summed E-state index contributed by atoms with van der Waals surface area (Å²) in [6, 6.07) is 15.1. The highest BCUT2D eigenvalue weighted by atomic mass is 19.2. The van der Waals surface area contributed by atoms with Crippen LogP contribution in [0.4, 0.5) is 13.2 Å². The molecule has 202 valence electrons. The number of hydrogen-bond donors (Lipinski definition) is 0. The largest absolute Gasteiger partial charge is 0.490 e. The number of rotatable bonds is 11. The Morgan fingerprint density at radius 2 is 1.63 bits per heavy atom. The van der Waals surface area contributed by atoms with E-state index in [4.69, 9.17) is 9.47 Å². The van der Waals surface area contributed by atoms with Crippen LogP contribution < -0.4 is 4.74 Å². The molecule has 2 atom stereocenters. The van der Waals surface area contributed by atoms with Gasteiger partial charge in [-0.3, -0.25) is 0 Å². The molecule has 4 rings (SSSR count). The van der Waals surface area contributed by atoms with E-state index in [0.29, 0.717) is 35.8 Å². The van der Waals surface area contributed by atoms with Crippen LogP contribution in [-0.4, -0.2) is 13.2 Å². The Labute approximate surface area is 224 Å². The van der Waals surface area contributed by atoms with Crippen molar-refractivity contribution in [3.05, 3.63) is 89.8 Å². The molecule has 3 aromatic carbocycles. The van der Waals surface area contributed by atoms with Crippen molar-refractivity contribution in [2.24, 2.45) is 5.92 Å². The van der Waals surface area contributed by atoms with Crippen LogP contribution in [0.15, 0.2) is 66.7 Å². The summed E-state index contributed by atoms with van der Waals surface area (Å²) in [5.41, 5.74) is 2.64. The van der Waals surface area contributed by atoms with E-state index in [0.717, 1.165) is 50.5 Å². The van der Waals surface area contributed by atoms with Crippen LogP contribution in [0.2, 0.25) is 0 Å². The zero-order valence-corrected chi connectivity index (χ0v) is 22.3. The van der Waals surface area contributed by atoms with Gasteiger partial charge in [0, 0.05) is 11.1 Å². The molecular formula is C33H37F3O2. The van der Waals surface area contributed by atoms with Crippen molar-refractivity contribution in [3.63, 3.8) is 0 Å². The molecule has 1 aliphatic rings. The molecule has 0 saturated carbocycles. The Morgan fingerprint density at radius 1 is 0.895 bits per heavy atom. The number of benzene rings is 3. The van der Waals surface area contributed by atoms with Gasteiger partial charge >= 0.3 is 0 Å². The van der Waals surface area contributed by atoms with Crippen molar-refractivity contribution in [3.8, 4) is 28.0 Å². The zero-order valence-electron chi connectivity index (χ0n) is 22.3. The van der Waals surface area contributed by atoms with Crippen LogP contribution in [0, 0.1) is 23.4 Å². The van der Waals surface area contributed by atoms with Crippen LogP contribution in [-0.2, 0) is 4.74 Å². The molecule has 1 saturated heterocycles. The van der Waals surface area contributed by atoms with Gasteiger partial charge in [-0.05, 0) is 79.8 Å². The van der Waals surface area contributed by atoms with Gasteiger partial charge in [-0.1, -0.05) is 68.3 Å². The van der Waals surface area contributed by atoms with Crippen molar-refractivity contribution in [1.82, 2.24) is 0 Å². The molecule has 1 fully saturated rings. The second-order valence-electron chi connectivity index (χ2n) is 10.0. The summed E-state index contributed by atoms with van der Waals surface area (Å²) in [5.74, 6) is -1.78. The number of unbranched alkanes of at least 4 members (excludes halogenated alkanes) is 2. The Morgan fingerprint density at radius 3 is 2.29 bits per heavy atom. The molecular weight excluding hydrogens is 485 g/mol. The van der Waals surface area contributed by atoms with Crippen LogP contribution in [0.25, 0.3) is 22.3 Å². The van der Waals surface area contributed by atoms with E-state index in [2.05, 4.69) is 19.1 Å². The van der Waals surface area contributed by atoms with Gasteiger partial charge in [0.15, 0.2) is 11.6 Å². The second kappa shape index (κ2) is 13.7. The van der Waals surface area contributed by atoms with Gasteiger partial charge in [-0.25, -0.2) is 8.78 Å². The average molecular weight is 523 g/mol. The highest BCUT2D eigenvalue weighted by Crippen LogP contribution is 2.36. The third-order valence-electron chi connectivity index (χ3n) is 7.27. The minimum atomic E-state index is -0.987. The Kier molecular flexibility index (Phi) is 10.1. The summed E-state index contributed by atoms with van der Waals surface area (Å²) in [7, 11) is 0. The number of allylic oxidation sites excluding steroid dienone is 2. The van der Waals surface area contributed by atoms with E-state index in [9.17, 15) is 8.78 Å². The monoisotopic (exact) mass is 522 g/mol. The van der Waals surface area contributed by atoms with Gasteiger partial charge in [0.25, 0.3) is 0 Å². The standard InChI is InChI=1S/C33H37F3O2/c1-3-5-7-9-23-10-18-30(38-22-23)26-15-16-27(29(34)21-26)24-11-13-25(14-12-24)28-17-19-31(33(36)32(28)35)37-20-8-6-4-2/h3,5,11-17,19,21,23,30H,4,6-10,18,20,22H2,1-2H3/b5-3+. The third-order valence-corrected chi connectivity index (χ3v) is 7.27. The van der Waals surface area contributed by atoms with Crippen molar-refractivity contribution < 1.29 is 22.6 Å². The third kappa shape index (κ3) is 6.87. The number of ether oxygens (including phenoxy) is 2. The van der Waals surface area contributed by atoms with Crippen molar-refractivity contribution in [2.75, 3.05) is 13.2 Å². The number of hydrogen-bond acceptors (Lipinski definition) is 2. The summed E-state index contributed by atoms with van der Waals surface area (Å²) in [4.78, 5) is 0. The maximum Gasteiger partial charge on any atom is 0.201 e. The van der Waals surface area contributed by atoms with E-state index in [1.165, 1.54) is 12.1 Å². The summed E-state index contributed by atoms with van der Waals surface area (Å²) in [6.45, 7) is 5.16. The molecule has 1 aliphatic heterocycles. The Balaban J connectivity index is 1.42. The predicted octanol–water partition coefficient (Wildman–Crippen LogP) is 9.83. The molecule has 0 amide bonds. The first kappa shape index (κ1) is 28.0. The summed E-state index contributed by atoms with van der Waals surface area (Å²) < 4.78 is 56.0. The van der Waals surface area contributed by atoms with Gasteiger partial charge in [0.05, 0.1) is 19.3 Å². The molecule has 3 aromatic rings.